The Morgan fingerprint density at radius 3 is 2.50 bits per heavy atom. The molecule has 2 rings (SSSR count). The van der Waals surface area contributed by atoms with Gasteiger partial charge in [0.2, 0.25) is 5.16 Å². The van der Waals surface area contributed by atoms with Gasteiger partial charge in [0.1, 0.15) is 0 Å². The fraction of sp³-hybridized carbons (Fsp3) is 0.200. The van der Waals surface area contributed by atoms with Crippen molar-refractivity contribution in [3.63, 3.8) is 0 Å². The lowest BCUT2D eigenvalue weighted by atomic mass is 10.2. The average Bonchev–Trinajstić information content (AvgIpc) is 2.72. The quantitative estimate of drug-likeness (QED) is 0.538. The lowest BCUT2D eigenvalue weighted by Gasteiger charge is -2.06. The second-order valence-corrected chi connectivity index (χ2v) is 4.62. The maximum Gasteiger partial charge on any atom is 0.453 e. The zero-order valence-corrected chi connectivity index (χ0v) is 10.5. The van der Waals surface area contributed by atoms with E-state index < -0.39 is 23.6 Å². The molecule has 2 aromatic rings. The van der Waals surface area contributed by atoms with Crippen LogP contribution in [0.5, 0.6) is 0 Å². The number of benzene rings is 1. The number of alkyl halides is 3. The number of rotatable bonds is 3. The molecule has 0 spiro atoms. The molecule has 1 heterocycles. The van der Waals surface area contributed by atoms with Gasteiger partial charge in [-0.2, -0.15) is 13.2 Å². The van der Waals surface area contributed by atoms with Crippen LogP contribution in [0.4, 0.5) is 22.0 Å². The van der Waals surface area contributed by atoms with Crippen LogP contribution in [0.15, 0.2) is 23.4 Å². The zero-order chi connectivity index (χ0) is 14.9. The van der Waals surface area contributed by atoms with Crippen LogP contribution in [0.1, 0.15) is 11.4 Å². The zero-order valence-electron chi connectivity index (χ0n) is 9.66. The summed E-state index contributed by atoms with van der Waals surface area (Å²) in [5.74, 6) is 1.62. The molecule has 0 atom stereocenters. The van der Waals surface area contributed by atoms with E-state index in [-0.39, 0.29) is 21.1 Å². The van der Waals surface area contributed by atoms with E-state index in [0.29, 0.717) is 0 Å². The van der Waals surface area contributed by atoms with Crippen molar-refractivity contribution in [1.29, 1.82) is 0 Å². The molecule has 0 amide bonds. The molecule has 0 bridgehead atoms. The first-order valence-corrected chi connectivity index (χ1v) is 6.12. The van der Waals surface area contributed by atoms with E-state index in [2.05, 4.69) is 10.2 Å². The smallest absolute Gasteiger partial charge is 0.335 e. The molecule has 1 aromatic heterocycles. The third-order valence-electron chi connectivity index (χ3n) is 2.31. The topological polar surface area (TPSA) is 56.7 Å². The Morgan fingerprint density at radius 1 is 1.20 bits per heavy atom. The Labute approximate surface area is 113 Å². The molecule has 2 N–H and O–H groups in total. The molecule has 10 heteroatoms. The molecule has 0 saturated heterocycles. The number of thioether (sulfide) groups is 1. The van der Waals surface area contributed by atoms with Crippen molar-refractivity contribution in [2.24, 2.45) is 0 Å². The summed E-state index contributed by atoms with van der Waals surface area (Å²) in [4.78, 5) is 0. The summed E-state index contributed by atoms with van der Waals surface area (Å²) in [6, 6.07) is 3.55. The predicted octanol–water partition coefficient (Wildman–Crippen LogP) is 2.58. The molecular weight excluding hydrogens is 303 g/mol. The highest BCUT2D eigenvalue weighted by atomic mass is 32.2. The van der Waals surface area contributed by atoms with E-state index in [4.69, 9.17) is 5.84 Å². The van der Waals surface area contributed by atoms with Gasteiger partial charge in [-0.25, -0.2) is 13.5 Å². The number of aromatic nitrogens is 3. The van der Waals surface area contributed by atoms with Crippen LogP contribution >= 0.6 is 11.8 Å². The minimum absolute atomic E-state index is 0.00782. The van der Waals surface area contributed by atoms with Crippen molar-refractivity contribution >= 4 is 11.8 Å². The molecule has 4 nitrogen and oxygen atoms in total. The van der Waals surface area contributed by atoms with Gasteiger partial charge in [-0.05, 0) is 6.07 Å². The first-order valence-electron chi connectivity index (χ1n) is 5.14. The van der Waals surface area contributed by atoms with Crippen molar-refractivity contribution < 1.29 is 22.0 Å². The van der Waals surface area contributed by atoms with E-state index >= 15 is 0 Å². The van der Waals surface area contributed by atoms with Gasteiger partial charge >= 0.3 is 6.18 Å². The fourth-order valence-electron chi connectivity index (χ4n) is 1.37. The Bertz CT molecular complexity index is 625. The molecule has 0 aliphatic rings. The minimum Gasteiger partial charge on any atom is -0.335 e. The van der Waals surface area contributed by atoms with Crippen molar-refractivity contribution in [3.05, 3.63) is 41.2 Å². The van der Waals surface area contributed by atoms with Crippen LogP contribution in [-0.4, -0.2) is 14.9 Å². The minimum atomic E-state index is -4.73. The van der Waals surface area contributed by atoms with E-state index in [1.807, 2.05) is 0 Å². The molecule has 20 heavy (non-hydrogen) atoms. The number of hydrogen-bond acceptors (Lipinski definition) is 4. The van der Waals surface area contributed by atoms with Gasteiger partial charge in [-0.3, -0.25) is 0 Å². The van der Waals surface area contributed by atoms with E-state index in [9.17, 15) is 22.0 Å². The van der Waals surface area contributed by atoms with Crippen LogP contribution in [0.2, 0.25) is 0 Å². The maximum absolute atomic E-state index is 13.4. The molecule has 0 fully saturated rings. The summed E-state index contributed by atoms with van der Waals surface area (Å²) >= 11 is 0.718. The van der Waals surface area contributed by atoms with Crippen molar-refractivity contribution in [1.82, 2.24) is 14.9 Å². The first kappa shape index (κ1) is 14.6. The third kappa shape index (κ3) is 2.84. The Balaban J connectivity index is 2.16. The Morgan fingerprint density at radius 2 is 1.90 bits per heavy atom. The summed E-state index contributed by atoms with van der Waals surface area (Å²) in [6.07, 6.45) is -4.73. The fourth-order valence-corrected chi connectivity index (χ4v) is 2.20. The second kappa shape index (κ2) is 5.27. The SMILES string of the molecule is Nn1c(SCc2cccc(F)c2F)nnc1C(F)(F)F. The van der Waals surface area contributed by atoms with Gasteiger partial charge in [0.05, 0.1) is 0 Å². The van der Waals surface area contributed by atoms with Crippen molar-refractivity contribution in [3.8, 4) is 0 Å². The Hall–Kier alpha value is -1.84. The lowest BCUT2D eigenvalue weighted by molar-refractivity contribution is -0.146. The summed E-state index contributed by atoms with van der Waals surface area (Å²) in [5.41, 5.74) is -0.00782. The predicted molar refractivity (Wildman–Crippen MR) is 61.1 cm³/mol. The number of halogens is 5. The van der Waals surface area contributed by atoms with Gasteiger partial charge < -0.3 is 5.84 Å². The molecule has 108 valence electrons. The van der Waals surface area contributed by atoms with E-state index in [0.717, 1.165) is 17.8 Å². The van der Waals surface area contributed by atoms with E-state index in [1.54, 1.807) is 0 Å². The van der Waals surface area contributed by atoms with Crippen LogP contribution in [0, 0.1) is 11.6 Å². The highest BCUT2D eigenvalue weighted by molar-refractivity contribution is 7.98. The molecule has 0 saturated carbocycles. The maximum atomic E-state index is 13.4. The largest absolute Gasteiger partial charge is 0.453 e. The highest BCUT2D eigenvalue weighted by Crippen LogP contribution is 2.30. The standard InChI is InChI=1S/C10H7F5N4S/c11-6-3-1-2-5(7(6)12)4-20-9-18-17-8(19(9)16)10(13,14)15/h1-3H,4,16H2. The third-order valence-corrected chi connectivity index (χ3v) is 3.30. The number of nitrogens with two attached hydrogens (primary N) is 1. The lowest BCUT2D eigenvalue weighted by Crippen LogP contribution is -2.21. The molecule has 0 aliphatic carbocycles. The molecule has 1 aromatic carbocycles. The molecule has 0 unspecified atom stereocenters. The summed E-state index contributed by atoms with van der Waals surface area (Å²) in [7, 11) is 0. The first-order chi connectivity index (χ1) is 9.30. The van der Waals surface area contributed by atoms with Crippen molar-refractivity contribution in [2.75, 3.05) is 5.84 Å². The molecule has 0 radical (unpaired) electrons. The van der Waals surface area contributed by atoms with Crippen LogP contribution in [0.3, 0.4) is 0 Å². The average molecular weight is 310 g/mol. The van der Waals surface area contributed by atoms with E-state index in [1.165, 1.54) is 12.1 Å². The van der Waals surface area contributed by atoms with Crippen LogP contribution in [-0.2, 0) is 11.9 Å². The monoisotopic (exact) mass is 310 g/mol. The normalized spacial score (nSPS) is 11.8. The Kier molecular flexibility index (Phi) is 3.84. The second-order valence-electron chi connectivity index (χ2n) is 3.68. The van der Waals surface area contributed by atoms with Gasteiger partial charge in [0.15, 0.2) is 11.6 Å². The van der Waals surface area contributed by atoms with Gasteiger partial charge in [0, 0.05) is 11.3 Å². The number of nitrogens with zero attached hydrogens (tertiary/aromatic N) is 3. The number of nitrogen functional groups attached to an aromatic ring is 1. The molecular formula is C10H7F5N4S. The van der Waals surface area contributed by atoms with Crippen LogP contribution < -0.4 is 5.84 Å². The number of hydrogen-bond donors (Lipinski definition) is 1. The summed E-state index contributed by atoms with van der Waals surface area (Å²) in [5, 5.41) is 5.93. The van der Waals surface area contributed by atoms with Gasteiger partial charge in [-0.15, -0.1) is 10.2 Å². The van der Waals surface area contributed by atoms with Gasteiger partial charge in [-0.1, -0.05) is 23.9 Å². The summed E-state index contributed by atoms with van der Waals surface area (Å²) < 4.78 is 63.8. The van der Waals surface area contributed by atoms with Crippen LogP contribution in [0.25, 0.3) is 0 Å². The van der Waals surface area contributed by atoms with Crippen molar-refractivity contribution in [2.45, 2.75) is 17.1 Å². The molecule has 0 aliphatic heterocycles. The highest BCUT2D eigenvalue weighted by Gasteiger charge is 2.38. The summed E-state index contributed by atoms with van der Waals surface area (Å²) in [6.45, 7) is 0. The van der Waals surface area contributed by atoms with Gasteiger partial charge in [0.25, 0.3) is 5.82 Å².